The summed E-state index contributed by atoms with van der Waals surface area (Å²) in [5.74, 6) is -0.970. The van der Waals surface area contributed by atoms with E-state index in [-0.39, 0.29) is 17.0 Å². The number of anilines is 1. The van der Waals surface area contributed by atoms with Gasteiger partial charge in [-0.15, -0.1) is 0 Å². The van der Waals surface area contributed by atoms with Crippen molar-refractivity contribution in [2.75, 3.05) is 5.32 Å². The van der Waals surface area contributed by atoms with Crippen LogP contribution >= 0.6 is 11.6 Å². The average molecular weight is 377 g/mol. The summed E-state index contributed by atoms with van der Waals surface area (Å²) in [6.45, 7) is 8.00. The molecule has 138 valence electrons. The fraction of sp³-hybridized carbons (Fsp3) is 0.294. The number of rotatable bonds is 2. The van der Waals surface area contributed by atoms with Gasteiger partial charge in [-0.05, 0) is 24.3 Å². The van der Waals surface area contributed by atoms with Crippen molar-refractivity contribution in [1.82, 2.24) is 4.98 Å². The summed E-state index contributed by atoms with van der Waals surface area (Å²) in [6, 6.07) is 7.42. The van der Waals surface area contributed by atoms with Gasteiger partial charge in [0.25, 0.3) is 5.91 Å². The Labute approximate surface area is 149 Å². The largest absolute Gasteiger partial charge is 0.507 e. The highest BCUT2D eigenvalue weighted by atomic mass is 35.5. The molecule has 0 aliphatic heterocycles. The Balaban J connectivity index is 0.00000134. The number of para-hydroxylation sites is 1. The summed E-state index contributed by atoms with van der Waals surface area (Å²) in [7, 11) is 0. The number of halogens is 4. The van der Waals surface area contributed by atoms with Gasteiger partial charge in [-0.25, -0.2) is 4.98 Å². The molecular weight excluding hydrogens is 357 g/mol. The van der Waals surface area contributed by atoms with Gasteiger partial charge in [0.2, 0.25) is 0 Å². The Morgan fingerprint density at radius 1 is 1.08 bits per heavy atom. The van der Waals surface area contributed by atoms with E-state index in [9.17, 15) is 23.1 Å². The lowest BCUT2D eigenvalue weighted by atomic mass is 10.2. The van der Waals surface area contributed by atoms with E-state index in [2.05, 4.69) is 10.3 Å². The predicted molar refractivity (Wildman–Crippen MR) is 93.0 cm³/mol. The number of nitrogens with zero attached hydrogens (tertiary/aromatic N) is 1. The van der Waals surface area contributed by atoms with E-state index in [4.69, 9.17) is 11.6 Å². The lowest BCUT2D eigenvalue weighted by Crippen LogP contribution is -2.14. The number of carbonyl (C=O) groups is 1. The van der Waals surface area contributed by atoms with Crippen LogP contribution in [0.15, 0.2) is 36.4 Å². The van der Waals surface area contributed by atoms with Crippen LogP contribution in [0.4, 0.5) is 18.9 Å². The number of pyridine rings is 1. The van der Waals surface area contributed by atoms with Crippen LogP contribution in [0.25, 0.3) is 0 Å². The average Bonchev–Trinajstić information content (AvgIpc) is 2.59. The first-order chi connectivity index (χ1) is 11.8. The molecule has 2 N–H and O–H groups in total. The molecule has 0 saturated heterocycles. The van der Waals surface area contributed by atoms with Crippen LogP contribution in [-0.2, 0) is 6.18 Å². The van der Waals surface area contributed by atoms with E-state index in [0.29, 0.717) is 6.07 Å². The molecule has 0 spiro atoms. The molecule has 0 atom stereocenters. The summed E-state index contributed by atoms with van der Waals surface area (Å²) >= 11 is 5.62. The van der Waals surface area contributed by atoms with Crippen molar-refractivity contribution in [3.63, 3.8) is 0 Å². The fourth-order valence-electron chi connectivity index (χ4n) is 1.54. The van der Waals surface area contributed by atoms with Crippen molar-refractivity contribution in [2.45, 2.75) is 33.9 Å². The van der Waals surface area contributed by atoms with E-state index in [1.807, 2.05) is 27.7 Å². The van der Waals surface area contributed by atoms with Crippen LogP contribution in [0.3, 0.4) is 0 Å². The van der Waals surface area contributed by atoms with Crippen molar-refractivity contribution in [3.8, 4) is 5.75 Å². The van der Waals surface area contributed by atoms with Gasteiger partial charge in [0.1, 0.15) is 11.4 Å². The van der Waals surface area contributed by atoms with Crippen LogP contribution < -0.4 is 5.32 Å². The Morgan fingerprint density at radius 3 is 2.12 bits per heavy atom. The quantitative estimate of drug-likeness (QED) is 0.654. The molecule has 0 unspecified atom stereocenters. The molecule has 4 nitrogen and oxygen atoms in total. The zero-order chi connectivity index (χ0) is 19.6. The number of aromatic hydroxyl groups is 1. The van der Waals surface area contributed by atoms with E-state index < -0.39 is 22.9 Å². The number of phenols is 1. The first-order valence-electron chi connectivity index (χ1n) is 7.62. The minimum absolute atomic E-state index is 0.0338. The van der Waals surface area contributed by atoms with Crippen molar-refractivity contribution < 1.29 is 23.1 Å². The molecule has 0 fully saturated rings. The molecule has 1 aromatic carbocycles. The number of amides is 1. The number of benzene rings is 1. The second kappa shape index (κ2) is 10.6. The maximum atomic E-state index is 12.4. The van der Waals surface area contributed by atoms with Crippen molar-refractivity contribution in [2.24, 2.45) is 0 Å². The lowest BCUT2D eigenvalue weighted by Gasteiger charge is -2.10. The molecule has 0 aliphatic rings. The zero-order valence-electron chi connectivity index (χ0n) is 14.3. The molecule has 8 heteroatoms. The number of aromatic nitrogens is 1. The highest BCUT2D eigenvalue weighted by molar-refractivity contribution is 6.32. The number of carbonyl (C=O) groups excluding carboxylic acids is 1. The third-order valence-corrected chi connectivity index (χ3v) is 2.82. The summed E-state index contributed by atoms with van der Waals surface area (Å²) in [6.07, 6.45) is -4.62. The lowest BCUT2D eigenvalue weighted by molar-refractivity contribution is -0.141. The van der Waals surface area contributed by atoms with Gasteiger partial charge < -0.3 is 10.4 Å². The van der Waals surface area contributed by atoms with Crippen LogP contribution in [-0.4, -0.2) is 16.0 Å². The second-order valence-corrected chi connectivity index (χ2v) is 4.36. The van der Waals surface area contributed by atoms with Crippen molar-refractivity contribution in [3.05, 3.63) is 52.8 Å². The van der Waals surface area contributed by atoms with Crippen LogP contribution in [0.5, 0.6) is 5.75 Å². The standard InChI is InChI=1S/C13H8ClF3N2O2.2C2H6/c14-11-8(5-6-10(19-11)13(15,16)17)18-12(21)7-3-1-2-4-9(7)20;2*1-2/h1-6,20H,(H,18,21);2*1-2H3. The third kappa shape index (κ3) is 6.62. The molecule has 1 aromatic heterocycles. The third-order valence-electron chi connectivity index (χ3n) is 2.54. The number of hydrogen-bond acceptors (Lipinski definition) is 3. The summed E-state index contributed by atoms with van der Waals surface area (Å²) in [5, 5.41) is 11.3. The molecule has 1 heterocycles. The van der Waals surface area contributed by atoms with Crippen LogP contribution in [0, 0.1) is 0 Å². The number of nitrogens with one attached hydrogen (secondary N) is 1. The molecule has 0 radical (unpaired) electrons. The number of hydrogen-bond donors (Lipinski definition) is 2. The van der Waals surface area contributed by atoms with Gasteiger partial charge in [0.15, 0.2) is 5.15 Å². The normalized spacial score (nSPS) is 9.92. The minimum Gasteiger partial charge on any atom is -0.507 e. The highest BCUT2D eigenvalue weighted by Gasteiger charge is 2.33. The minimum atomic E-state index is -4.62. The molecule has 0 aliphatic carbocycles. The van der Waals surface area contributed by atoms with Gasteiger partial charge in [0.05, 0.1) is 11.3 Å². The topological polar surface area (TPSA) is 62.2 Å². The van der Waals surface area contributed by atoms with Gasteiger partial charge in [-0.1, -0.05) is 51.4 Å². The van der Waals surface area contributed by atoms with E-state index in [1.165, 1.54) is 24.3 Å². The molecule has 0 saturated carbocycles. The molecular formula is C17H20ClF3N2O2. The molecule has 0 bridgehead atoms. The first kappa shape index (κ1) is 22.7. The van der Waals surface area contributed by atoms with Crippen molar-refractivity contribution in [1.29, 1.82) is 0 Å². The Hall–Kier alpha value is -2.28. The van der Waals surface area contributed by atoms with Crippen molar-refractivity contribution >= 4 is 23.2 Å². The maximum absolute atomic E-state index is 12.4. The Morgan fingerprint density at radius 2 is 1.64 bits per heavy atom. The Kier molecular flexibility index (Phi) is 9.59. The predicted octanol–water partition coefficient (Wildman–Crippen LogP) is 5.76. The summed E-state index contributed by atoms with van der Waals surface area (Å²) in [4.78, 5) is 15.1. The first-order valence-corrected chi connectivity index (χ1v) is 8.00. The SMILES string of the molecule is CC.CC.O=C(Nc1ccc(C(F)(F)F)nc1Cl)c1ccccc1O. The smallest absolute Gasteiger partial charge is 0.433 e. The highest BCUT2D eigenvalue weighted by Crippen LogP contribution is 2.31. The van der Waals surface area contributed by atoms with Gasteiger partial charge >= 0.3 is 6.18 Å². The van der Waals surface area contributed by atoms with Gasteiger partial charge in [-0.2, -0.15) is 13.2 Å². The van der Waals surface area contributed by atoms with Gasteiger partial charge in [0, 0.05) is 0 Å². The molecule has 2 aromatic rings. The second-order valence-electron chi connectivity index (χ2n) is 4.00. The number of alkyl halides is 3. The monoisotopic (exact) mass is 376 g/mol. The van der Waals surface area contributed by atoms with Gasteiger partial charge in [-0.3, -0.25) is 4.79 Å². The van der Waals surface area contributed by atoms with E-state index in [0.717, 1.165) is 6.07 Å². The summed E-state index contributed by atoms with van der Waals surface area (Å²) in [5.41, 5.74) is -1.28. The number of phenolic OH excluding ortho intramolecular Hbond substituents is 1. The van der Waals surface area contributed by atoms with Crippen LogP contribution in [0.1, 0.15) is 43.7 Å². The molecule has 2 rings (SSSR count). The Bertz CT molecular complexity index is 692. The fourth-order valence-corrected chi connectivity index (χ4v) is 1.74. The molecule has 1 amide bonds. The van der Waals surface area contributed by atoms with Crippen LogP contribution in [0.2, 0.25) is 5.15 Å². The maximum Gasteiger partial charge on any atom is 0.433 e. The zero-order valence-corrected chi connectivity index (χ0v) is 15.0. The summed E-state index contributed by atoms with van der Waals surface area (Å²) < 4.78 is 37.3. The molecule has 25 heavy (non-hydrogen) atoms. The van der Waals surface area contributed by atoms with E-state index >= 15 is 0 Å². The van der Waals surface area contributed by atoms with E-state index in [1.54, 1.807) is 0 Å².